The van der Waals surface area contributed by atoms with E-state index >= 15 is 0 Å². The van der Waals surface area contributed by atoms with Crippen LogP contribution in [0, 0.1) is 5.41 Å². The second-order valence-electron chi connectivity index (χ2n) is 7.72. The molecule has 0 aliphatic heterocycles. The molecule has 2 atom stereocenters. The molecule has 0 amide bonds. The summed E-state index contributed by atoms with van der Waals surface area (Å²) in [5, 5.41) is 3.68. The highest BCUT2D eigenvalue weighted by Crippen LogP contribution is 2.45. The topological polar surface area (TPSA) is 21.3 Å². The first-order chi connectivity index (χ1) is 6.92. The van der Waals surface area contributed by atoms with Crippen LogP contribution >= 0.6 is 0 Å². The smallest absolute Gasteiger partial charge is 0.0663 e. The monoisotopic (exact) mass is 227 g/mol. The van der Waals surface area contributed by atoms with E-state index in [9.17, 15) is 0 Å². The van der Waals surface area contributed by atoms with Crippen LogP contribution in [0.25, 0.3) is 0 Å². The molecular weight excluding hydrogens is 198 g/mol. The van der Waals surface area contributed by atoms with Crippen molar-refractivity contribution in [3.63, 3.8) is 0 Å². The van der Waals surface area contributed by atoms with Crippen LogP contribution in [-0.2, 0) is 4.74 Å². The van der Waals surface area contributed by atoms with Gasteiger partial charge in [-0.05, 0) is 48.0 Å². The van der Waals surface area contributed by atoms with Crippen LogP contribution in [0.3, 0.4) is 0 Å². The normalized spacial score (nSPS) is 30.0. The van der Waals surface area contributed by atoms with Gasteiger partial charge in [0.25, 0.3) is 0 Å². The molecule has 1 rings (SSSR count). The highest BCUT2D eigenvalue weighted by atomic mass is 16.5. The molecule has 1 aliphatic carbocycles. The average Bonchev–Trinajstić information content (AvgIpc) is 1.98. The molecule has 16 heavy (non-hydrogen) atoms. The maximum Gasteiger partial charge on any atom is 0.0663 e. The summed E-state index contributed by atoms with van der Waals surface area (Å²) in [5.74, 6) is 0. The number of nitrogens with one attached hydrogen (secondary N) is 1. The lowest BCUT2D eigenvalue weighted by atomic mass is 9.63. The van der Waals surface area contributed by atoms with Crippen LogP contribution in [0.1, 0.15) is 61.8 Å². The molecular formula is C14H29NO. The van der Waals surface area contributed by atoms with Crippen molar-refractivity contribution in [3.05, 3.63) is 0 Å². The van der Waals surface area contributed by atoms with Gasteiger partial charge in [-0.3, -0.25) is 0 Å². The van der Waals surface area contributed by atoms with E-state index in [4.69, 9.17) is 4.74 Å². The van der Waals surface area contributed by atoms with Gasteiger partial charge >= 0.3 is 0 Å². The zero-order chi connectivity index (χ0) is 12.8. The Morgan fingerprint density at radius 3 is 1.88 bits per heavy atom. The minimum Gasteiger partial charge on any atom is -0.372 e. The van der Waals surface area contributed by atoms with Gasteiger partial charge in [-0.15, -0.1) is 0 Å². The summed E-state index contributed by atoms with van der Waals surface area (Å²) in [5.41, 5.74) is 0.393. The molecule has 0 radical (unpaired) electrons. The lowest BCUT2D eigenvalue weighted by molar-refractivity contribution is -0.175. The fraction of sp³-hybridized carbons (Fsp3) is 1.00. The van der Waals surface area contributed by atoms with Gasteiger partial charge in [0, 0.05) is 17.0 Å². The fourth-order valence-corrected chi connectivity index (χ4v) is 2.28. The molecule has 1 aliphatic rings. The van der Waals surface area contributed by atoms with Crippen molar-refractivity contribution in [3.8, 4) is 0 Å². The molecule has 1 saturated carbocycles. The zero-order valence-electron chi connectivity index (χ0n) is 12.3. The molecule has 0 aromatic carbocycles. The largest absolute Gasteiger partial charge is 0.372 e. The van der Waals surface area contributed by atoms with Crippen molar-refractivity contribution < 1.29 is 4.74 Å². The van der Waals surface area contributed by atoms with Crippen LogP contribution in [0.15, 0.2) is 0 Å². The Kier molecular flexibility index (Phi) is 3.49. The van der Waals surface area contributed by atoms with E-state index in [0.717, 1.165) is 6.42 Å². The van der Waals surface area contributed by atoms with Gasteiger partial charge in [-0.2, -0.15) is 0 Å². The van der Waals surface area contributed by atoms with Gasteiger partial charge in [0.1, 0.15) is 0 Å². The van der Waals surface area contributed by atoms with Crippen molar-refractivity contribution in [2.45, 2.75) is 85.1 Å². The number of rotatable bonds is 2. The van der Waals surface area contributed by atoms with Crippen LogP contribution in [0.4, 0.5) is 0 Å². The molecule has 2 heteroatoms. The highest BCUT2D eigenvalue weighted by Gasteiger charge is 2.50. The molecule has 1 fully saturated rings. The third-order valence-electron chi connectivity index (χ3n) is 3.28. The SMILES string of the molecule is CC(C)(C)N[C@H]1C[C@H](OC(C)(C)C)C1(C)C. The van der Waals surface area contributed by atoms with E-state index in [2.05, 4.69) is 60.7 Å². The quantitative estimate of drug-likeness (QED) is 0.781. The summed E-state index contributed by atoms with van der Waals surface area (Å²) in [7, 11) is 0. The van der Waals surface area contributed by atoms with E-state index in [1.165, 1.54) is 0 Å². The molecule has 0 heterocycles. The summed E-state index contributed by atoms with van der Waals surface area (Å²) in [4.78, 5) is 0. The average molecular weight is 227 g/mol. The molecule has 1 N–H and O–H groups in total. The van der Waals surface area contributed by atoms with Crippen molar-refractivity contribution in [2.75, 3.05) is 0 Å². The molecule has 2 nitrogen and oxygen atoms in total. The number of hydrogen-bond donors (Lipinski definition) is 1. The summed E-state index contributed by atoms with van der Waals surface area (Å²) >= 11 is 0. The summed E-state index contributed by atoms with van der Waals surface area (Å²) in [6.07, 6.45) is 1.51. The van der Waals surface area contributed by atoms with E-state index in [1.54, 1.807) is 0 Å². The predicted octanol–water partition coefficient (Wildman–Crippen LogP) is 3.36. The van der Waals surface area contributed by atoms with Crippen molar-refractivity contribution in [1.82, 2.24) is 5.32 Å². The lowest BCUT2D eigenvalue weighted by Gasteiger charge is -2.55. The van der Waals surface area contributed by atoms with Crippen LogP contribution in [-0.4, -0.2) is 23.3 Å². The number of hydrogen-bond acceptors (Lipinski definition) is 2. The van der Waals surface area contributed by atoms with Gasteiger partial charge in [0.15, 0.2) is 0 Å². The van der Waals surface area contributed by atoms with Gasteiger partial charge in [0.05, 0.1) is 11.7 Å². The van der Waals surface area contributed by atoms with Crippen molar-refractivity contribution >= 4 is 0 Å². The Hall–Kier alpha value is -0.0800. The maximum absolute atomic E-state index is 6.09. The third-order valence-corrected chi connectivity index (χ3v) is 3.28. The van der Waals surface area contributed by atoms with Crippen LogP contribution in [0.2, 0.25) is 0 Å². The first-order valence-corrected chi connectivity index (χ1v) is 6.37. The second kappa shape index (κ2) is 3.99. The molecule has 0 unspecified atom stereocenters. The molecule has 96 valence electrons. The molecule has 0 aromatic heterocycles. The summed E-state index contributed by atoms with van der Waals surface area (Å²) in [6, 6.07) is 0.569. The van der Waals surface area contributed by atoms with Crippen molar-refractivity contribution in [1.29, 1.82) is 0 Å². The fourth-order valence-electron chi connectivity index (χ4n) is 2.28. The van der Waals surface area contributed by atoms with Gasteiger partial charge < -0.3 is 10.1 Å². The Bertz CT molecular complexity index is 220. The van der Waals surface area contributed by atoms with Crippen LogP contribution in [0.5, 0.6) is 0 Å². The van der Waals surface area contributed by atoms with E-state index < -0.39 is 0 Å². The highest BCUT2D eigenvalue weighted by molar-refractivity contribution is 5.05. The maximum atomic E-state index is 6.09. The first-order valence-electron chi connectivity index (χ1n) is 6.37. The van der Waals surface area contributed by atoms with E-state index in [0.29, 0.717) is 12.1 Å². The van der Waals surface area contributed by atoms with Crippen molar-refractivity contribution in [2.24, 2.45) is 5.41 Å². The van der Waals surface area contributed by atoms with E-state index in [-0.39, 0.29) is 16.6 Å². The minimum atomic E-state index is -0.0331. The first kappa shape index (κ1) is 14.0. The molecule has 0 spiro atoms. The Balaban J connectivity index is 2.54. The Morgan fingerprint density at radius 1 is 1.06 bits per heavy atom. The lowest BCUT2D eigenvalue weighted by Crippen LogP contribution is -2.65. The van der Waals surface area contributed by atoms with E-state index in [1.807, 2.05) is 0 Å². The minimum absolute atomic E-state index is 0.0331. The molecule has 0 bridgehead atoms. The van der Waals surface area contributed by atoms with Gasteiger partial charge in [0.2, 0.25) is 0 Å². The Morgan fingerprint density at radius 2 is 1.56 bits per heavy atom. The second-order valence-corrected chi connectivity index (χ2v) is 7.72. The summed E-state index contributed by atoms with van der Waals surface area (Å²) < 4.78 is 6.09. The molecule has 0 aromatic rings. The Labute approximate surface area is 101 Å². The standard InChI is InChI=1S/C14H29NO/c1-12(2,3)15-10-9-11(14(10,7)8)16-13(4,5)6/h10-11,15H,9H2,1-8H3/t10-,11-/m0/s1. The third kappa shape index (κ3) is 3.46. The van der Waals surface area contributed by atoms with Crippen LogP contribution < -0.4 is 5.32 Å². The summed E-state index contributed by atoms with van der Waals surface area (Å²) in [6.45, 7) is 17.7. The van der Waals surface area contributed by atoms with Gasteiger partial charge in [-0.1, -0.05) is 13.8 Å². The van der Waals surface area contributed by atoms with Gasteiger partial charge in [-0.25, -0.2) is 0 Å². The predicted molar refractivity (Wildman–Crippen MR) is 69.7 cm³/mol. The zero-order valence-corrected chi connectivity index (χ0v) is 12.3. The number of ether oxygens (including phenoxy) is 1. The molecule has 0 saturated heterocycles.